The molecule has 1 aliphatic heterocycles. The second-order valence-electron chi connectivity index (χ2n) is 5.12. The van der Waals surface area contributed by atoms with Gasteiger partial charge in [-0.2, -0.15) is 18.3 Å². The van der Waals surface area contributed by atoms with Crippen molar-refractivity contribution in [3.05, 3.63) is 12.5 Å². The molecule has 2 N–H and O–H groups in total. The highest BCUT2D eigenvalue weighted by molar-refractivity contribution is 5.85. The van der Waals surface area contributed by atoms with Crippen molar-refractivity contribution < 1.29 is 13.2 Å². The lowest BCUT2D eigenvalue weighted by Crippen LogP contribution is -2.41. The van der Waals surface area contributed by atoms with Crippen LogP contribution in [0.1, 0.15) is 12.8 Å². The zero-order valence-electron chi connectivity index (χ0n) is 11.2. The van der Waals surface area contributed by atoms with E-state index in [1.54, 1.807) is 6.20 Å². The van der Waals surface area contributed by atoms with Crippen molar-refractivity contribution in [2.45, 2.75) is 25.1 Å². The molecule has 3 rings (SSSR count). The first-order chi connectivity index (χ1) is 10.0. The van der Waals surface area contributed by atoms with Crippen molar-refractivity contribution in [3.8, 4) is 0 Å². The van der Waals surface area contributed by atoms with Crippen molar-refractivity contribution in [2.75, 3.05) is 25.0 Å². The Morgan fingerprint density at radius 1 is 1.38 bits per heavy atom. The van der Waals surface area contributed by atoms with Gasteiger partial charge in [-0.15, -0.1) is 0 Å². The van der Waals surface area contributed by atoms with Crippen molar-refractivity contribution in [2.24, 2.45) is 0 Å². The van der Waals surface area contributed by atoms with Gasteiger partial charge < -0.3 is 5.32 Å². The average Bonchev–Trinajstić information content (AvgIpc) is 3.03. The molecule has 2 aromatic heterocycles. The molecule has 0 bridgehead atoms. The number of aromatic amines is 1. The van der Waals surface area contributed by atoms with E-state index >= 15 is 0 Å². The number of fused-ring (bicyclic) bond motifs is 1. The topological polar surface area (TPSA) is 69.7 Å². The quantitative estimate of drug-likeness (QED) is 0.901. The lowest BCUT2D eigenvalue weighted by molar-refractivity contribution is -0.147. The molecule has 21 heavy (non-hydrogen) atoms. The van der Waals surface area contributed by atoms with Gasteiger partial charge >= 0.3 is 6.18 Å². The van der Waals surface area contributed by atoms with E-state index in [0.29, 0.717) is 24.6 Å². The largest absolute Gasteiger partial charge is 0.401 e. The highest BCUT2D eigenvalue weighted by Gasteiger charge is 2.35. The fraction of sp³-hybridized carbons (Fsp3) is 0.583. The lowest BCUT2D eigenvalue weighted by atomic mass is 10.2. The molecule has 1 fully saturated rings. The van der Waals surface area contributed by atoms with Crippen LogP contribution in [0.3, 0.4) is 0 Å². The number of rotatable bonds is 4. The number of nitrogens with zero attached hydrogens (tertiary/aromatic N) is 4. The molecule has 0 aliphatic carbocycles. The van der Waals surface area contributed by atoms with Gasteiger partial charge in [0.1, 0.15) is 12.1 Å². The third kappa shape index (κ3) is 3.23. The summed E-state index contributed by atoms with van der Waals surface area (Å²) in [4.78, 5) is 9.61. The summed E-state index contributed by atoms with van der Waals surface area (Å²) in [5, 5.41) is 10.5. The summed E-state index contributed by atoms with van der Waals surface area (Å²) >= 11 is 0. The highest BCUT2D eigenvalue weighted by atomic mass is 19.4. The molecule has 6 nitrogen and oxygen atoms in total. The summed E-state index contributed by atoms with van der Waals surface area (Å²) in [6.45, 7) is 0.0500. The van der Waals surface area contributed by atoms with Gasteiger partial charge in [0.05, 0.1) is 18.1 Å². The van der Waals surface area contributed by atoms with E-state index in [1.165, 1.54) is 11.2 Å². The molecule has 0 saturated carbocycles. The maximum absolute atomic E-state index is 12.5. The molecule has 3 heterocycles. The first-order valence-electron chi connectivity index (χ1n) is 6.72. The third-order valence-electron chi connectivity index (χ3n) is 3.63. The van der Waals surface area contributed by atoms with Crippen LogP contribution in [0, 0.1) is 0 Å². The number of aromatic nitrogens is 4. The zero-order chi connectivity index (χ0) is 14.9. The van der Waals surface area contributed by atoms with Gasteiger partial charge in [0, 0.05) is 12.6 Å². The second kappa shape index (κ2) is 5.47. The first kappa shape index (κ1) is 14.1. The molecule has 1 aliphatic rings. The maximum atomic E-state index is 12.5. The van der Waals surface area contributed by atoms with Gasteiger partial charge in [-0.3, -0.25) is 10.00 Å². The van der Waals surface area contributed by atoms with E-state index < -0.39 is 12.7 Å². The maximum Gasteiger partial charge on any atom is 0.401 e. The predicted molar refractivity (Wildman–Crippen MR) is 70.8 cm³/mol. The third-order valence-corrected chi connectivity index (χ3v) is 3.63. The number of hydrogen-bond acceptors (Lipinski definition) is 5. The van der Waals surface area contributed by atoms with Crippen LogP contribution in [0.15, 0.2) is 12.5 Å². The van der Waals surface area contributed by atoms with E-state index in [9.17, 15) is 13.2 Å². The molecule has 0 aromatic carbocycles. The Bertz CT molecular complexity index is 610. The van der Waals surface area contributed by atoms with Crippen LogP contribution in [0.2, 0.25) is 0 Å². The Hall–Kier alpha value is -1.90. The van der Waals surface area contributed by atoms with Crippen LogP contribution in [-0.4, -0.2) is 56.9 Å². The minimum atomic E-state index is -4.16. The lowest BCUT2D eigenvalue weighted by Gasteiger charge is -2.25. The van der Waals surface area contributed by atoms with Crippen molar-refractivity contribution in [3.63, 3.8) is 0 Å². The number of alkyl halides is 3. The van der Waals surface area contributed by atoms with Gasteiger partial charge in [-0.25, -0.2) is 9.97 Å². The van der Waals surface area contributed by atoms with E-state index in [4.69, 9.17) is 0 Å². The Balaban J connectivity index is 1.65. The summed E-state index contributed by atoms with van der Waals surface area (Å²) in [5.74, 6) is 0.590. The Morgan fingerprint density at radius 3 is 3.05 bits per heavy atom. The van der Waals surface area contributed by atoms with E-state index in [0.717, 1.165) is 18.2 Å². The van der Waals surface area contributed by atoms with E-state index in [-0.39, 0.29) is 6.04 Å². The van der Waals surface area contributed by atoms with Gasteiger partial charge in [-0.05, 0) is 19.4 Å². The smallest absolute Gasteiger partial charge is 0.368 e. The SMILES string of the molecule is FC(F)(F)CN1CCCC1CNc1ncnc2[nH]ncc12. The summed E-state index contributed by atoms with van der Waals surface area (Å²) in [6.07, 6.45) is 0.371. The standard InChI is InChI=1S/C12H15F3N6/c13-12(14,15)6-21-3-1-2-8(21)4-16-10-9-5-19-20-11(9)18-7-17-10/h5,7-8H,1-4,6H2,(H2,16,17,18,19,20). The number of nitrogens with one attached hydrogen (secondary N) is 2. The zero-order valence-corrected chi connectivity index (χ0v) is 11.2. The highest BCUT2D eigenvalue weighted by Crippen LogP contribution is 2.25. The van der Waals surface area contributed by atoms with Gasteiger partial charge in [0.15, 0.2) is 5.65 Å². The summed E-state index contributed by atoms with van der Waals surface area (Å²) in [6, 6.07) is -0.136. The molecular weight excluding hydrogens is 285 g/mol. The Morgan fingerprint density at radius 2 is 2.24 bits per heavy atom. The van der Waals surface area contributed by atoms with Gasteiger partial charge in [-0.1, -0.05) is 0 Å². The molecule has 0 amide bonds. The predicted octanol–water partition coefficient (Wildman–Crippen LogP) is 1.79. The molecule has 9 heteroatoms. The number of hydrogen-bond donors (Lipinski definition) is 2. The molecule has 2 aromatic rings. The Labute approximate surface area is 118 Å². The molecule has 0 radical (unpaired) electrons. The fourth-order valence-electron chi connectivity index (χ4n) is 2.69. The van der Waals surface area contributed by atoms with Crippen molar-refractivity contribution in [1.82, 2.24) is 25.1 Å². The van der Waals surface area contributed by atoms with E-state index in [1.807, 2.05) is 0 Å². The molecule has 1 atom stereocenters. The van der Waals surface area contributed by atoms with Crippen LogP contribution in [0.4, 0.5) is 19.0 Å². The van der Waals surface area contributed by atoms with Crippen molar-refractivity contribution >= 4 is 16.9 Å². The molecule has 114 valence electrons. The second-order valence-corrected chi connectivity index (χ2v) is 5.12. The minimum absolute atomic E-state index is 0.136. The number of anilines is 1. The van der Waals surface area contributed by atoms with E-state index in [2.05, 4.69) is 25.5 Å². The van der Waals surface area contributed by atoms with Crippen LogP contribution in [0.25, 0.3) is 11.0 Å². The van der Waals surface area contributed by atoms with Crippen LogP contribution < -0.4 is 5.32 Å². The first-order valence-corrected chi connectivity index (χ1v) is 6.72. The molecule has 1 unspecified atom stereocenters. The Kier molecular flexibility index (Phi) is 3.66. The number of likely N-dealkylation sites (tertiary alicyclic amines) is 1. The summed E-state index contributed by atoms with van der Waals surface area (Å²) in [7, 11) is 0. The average molecular weight is 300 g/mol. The van der Waals surface area contributed by atoms with Crippen molar-refractivity contribution in [1.29, 1.82) is 0 Å². The minimum Gasteiger partial charge on any atom is -0.368 e. The van der Waals surface area contributed by atoms with Gasteiger partial charge in [0.2, 0.25) is 0 Å². The summed E-state index contributed by atoms with van der Waals surface area (Å²) < 4.78 is 37.5. The number of H-pyrrole nitrogens is 1. The van der Waals surface area contributed by atoms with Gasteiger partial charge in [0.25, 0.3) is 0 Å². The normalized spacial score (nSPS) is 20.2. The molecular formula is C12H15F3N6. The van der Waals surface area contributed by atoms with Crippen LogP contribution >= 0.6 is 0 Å². The number of halogens is 3. The van der Waals surface area contributed by atoms with Crippen LogP contribution in [0.5, 0.6) is 0 Å². The summed E-state index contributed by atoms with van der Waals surface area (Å²) in [5.41, 5.74) is 0.603. The fourth-order valence-corrected chi connectivity index (χ4v) is 2.69. The monoisotopic (exact) mass is 300 g/mol. The molecule has 1 saturated heterocycles. The molecule has 0 spiro atoms. The van der Waals surface area contributed by atoms with Crippen LogP contribution in [-0.2, 0) is 0 Å².